The van der Waals surface area contributed by atoms with Crippen LogP contribution in [0.4, 0.5) is 0 Å². The van der Waals surface area contributed by atoms with Crippen LogP contribution in [0.1, 0.15) is 23.7 Å². The molecule has 2 aromatic carbocycles. The maximum absolute atomic E-state index is 13.2. The summed E-state index contributed by atoms with van der Waals surface area (Å²) >= 11 is 0. The molecule has 0 radical (unpaired) electrons. The molecule has 0 spiro atoms. The number of esters is 1. The van der Waals surface area contributed by atoms with Gasteiger partial charge in [0.25, 0.3) is 0 Å². The highest BCUT2D eigenvalue weighted by Crippen LogP contribution is 2.45. The third-order valence-corrected chi connectivity index (χ3v) is 5.04. The van der Waals surface area contributed by atoms with E-state index in [4.69, 9.17) is 13.6 Å². The minimum atomic E-state index is -0.507. The molecule has 4 aromatic rings. The average Bonchev–Trinajstić information content (AvgIpc) is 3.23. The minimum absolute atomic E-state index is 0.0103. The number of carbonyl (C=O) groups excluding carboxylic acids is 1. The Morgan fingerprint density at radius 1 is 1.00 bits per heavy atom. The maximum Gasteiger partial charge on any atom is 0.312 e. The van der Waals surface area contributed by atoms with Crippen LogP contribution in [0.3, 0.4) is 0 Å². The van der Waals surface area contributed by atoms with Crippen molar-refractivity contribution in [3.8, 4) is 28.4 Å². The second kappa shape index (κ2) is 6.27. The van der Waals surface area contributed by atoms with Crippen molar-refractivity contribution in [1.29, 1.82) is 0 Å². The molecular weight excluding hydrogens is 376 g/mol. The van der Waals surface area contributed by atoms with E-state index in [0.29, 0.717) is 16.9 Å². The van der Waals surface area contributed by atoms with Gasteiger partial charge in [-0.25, -0.2) is 0 Å². The van der Waals surface area contributed by atoms with Gasteiger partial charge in [-0.2, -0.15) is 0 Å². The Balaban J connectivity index is 1.79. The Hall–Kier alpha value is -4.00. The predicted molar refractivity (Wildman–Crippen MR) is 102 cm³/mol. The highest BCUT2D eigenvalue weighted by atomic mass is 16.5. The second-order valence-electron chi connectivity index (χ2n) is 6.78. The quantitative estimate of drug-likeness (QED) is 0.394. The summed E-state index contributed by atoms with van der Waals surface area (Å²) in [7, 11) is 0. The zero-order chi connectivity index (χ0) is 20.1. The lowest BCUT2D eigenvalue weighted by Crippen LogP contribution is -2.21. The van der Waals surface area contributed by atoms with Crippen LogP contribution in [0.15, 0.2) is 68.6 Å². The molecule has 0 saturated carbocycles. The lowest BCUT2D eigenvalue weighted by atomic mass is 9.88. The Labute approximate surface area is 163 Å². The van der Waals surface area contributed by atoms with E-state index in [0.717, 1.165) is 0 Å². The maximum atomic E-state index is 13.2. The summed E-state index contributed by atoms with van der Waals surface area (Å²) in [5.74, 6) is -0.596. The Kier molecular flexibility index (Phi) is 3.70. The molecule has 5 rings (SSSR count). The van der Waals surface area contributed by atoms with Gasteiger partial charge in [0, 0.05) is 11.6 Å². The first-order chi connectivity index (χ1) is 14.0. The van der Waals surface area contributed by atoms with Crippen LogP contribution >= 0.6 is 0 Å². The summed E-state index contributed by atoms with van der Waals surface area (Å²) in [6.07, 6.45) is 2.81. The molecule has 0 aliphatic carbocycles. The van der Waals surface area contributed by atoms with Gasteiger partial charge in [-0.3, -0.25) is 9.59 Å². The molecular formula is C22H14O7. The number of hydrogen-bond acceptors (Lipinski definition) is 7. The van der Waals surface area contributed by atoms with Gasteiger partial charge in [0.1, 0.15) is 40.2 Å². The predicted octanol–water partition coefficient (Wildman–Crippen LogP) is 3.91. The number of ether oxygens (including phenoxy) is 1. The Bertz CT molecular complexity index is 1300. The van der Waals surface area contributed by atoms with Crippen molar-refractivity contribution in [2.24, 2.45) is 0 Å². The van der Waals surface area contributed by atoms with Crippen molar-refractivity contribution < 1.29 is 28.6 Å². The second-order valence-corrected chi connectivity index (χ2v) is 6.78. The standard InChI is InChI=1S/C22H14O7/c23-12-5-3-11(4-6-12)14-10-28-22-19-13(16-2-1-7-27-16)8-18(25)29-17(19)9-15(24)20(22)21(14)26/h1-7,9-10,13,23-24H,8H2/t13-/m1/s1. The number of benzene rings is 2. The fraction of sp³-hybridized carbons (Fsp3) is 0.0909. The Morgan fingerprint density at radius 2 is 1.79 bits per heavy atom. The molecule has 1 atom stereocenters. The summed E-state index contributed by atoms with van der Waals surface area (Å²) in [5.41, 5.74) is 0.940. The number of phenolic OH excluding ortho intramolecular Hbond substituents is 2. The fourth-order valence-electron chi connectivity index (χ4n) is 3.70. The summed E-state index contributed by atoms with van der Waals surface area (Å²) in [5, 5.41) is 20.0. The number of hydrogen-bond donors (Lipinski definition) is 2. The lowest BCUT2D eigenvalue weighted by molar-refractivity contribution is -0.135. The van der Waals surface area contributed by atoms with Crippen molar-refractivity contribution >= 4 is 16.9 Å². The van der Waals surface area contributed by atoms with Gasteiger partial charge in [-0.1, -0.05) is 12.1 Å². The summed E-state index contributed by atoms with van der Waals surface area (Å²) in [6.45, 7) is 0. The molecule has 1 aliphatic rings. The zero-order valence-corrected chi connectivity index (χ0v) is 14.9. The summed E-state index contributed by atoms with van der Waals surface area (Å²) in [6, 6.07) is 10.8. The molecule has 144 valence electrons. The molecule has 0 amide bonds. The molecule has 2 N–H and O–H groups in total. The monoisotopic (exact) mass is 390 g/mol. The topological polar surface area (TPSA) is 110 Å². The van der Waals surface area contributed by atoms with Crippen LogP contribution in [0.25, 0.3) is 22.1 Å². The third-order valence-electron chi connectivity index (χ3n) is 5.04. The number of carbonyl (C=O) groups is 1. The van der Waals surface area contributed by atoms with E-state index < -0.39 is 17.3 Å². The first-order valence-electron chi connectivity index (χ1n) is 8.88. The van der Waals surface area contributed by atoms with Gasteiger partial charge >= 0.3 is 5.97 Å². The van der Waals surface area contributed by atoms with Gasteiger partial charge in [-0.15, -0.1) is 0 Å². The molecule has 1 aliphatic heterocycles. The van der Waals surface area contributed by atoms with Gasteiger partial charge in [0.2, 0.25) is 5.43 Å². The number of furan rings is 1. The van der Waals surface area contributed by atoms with E-state index in [1.165, 1.54) is 30.7 Å². The number of rotatable bonds is 2. The van der Waals surface area contributed by atoms with E-state index in [9.17, 15) is 19.8 Å². The number of fused-ring (bicyclic) bond motifs is 3. The number of phenols is 2. The van der Waals surface area contributed by atoms with Gasteiger partial charge in [0.05, 0.1) is 24.2 Å². The van der Waals surface area contributed by atoms with Crippen LogP contribution in [-0.2, 0) is 4.79 Å². The molecule has 2 aromatic heterocycles. The summed E-state index contributed by atoms with van der Waals surface area (Å²) < 4.78 is 16.6. The molecule has 29 heavy (non-hydrogen) atoms. The van der Waals surface area contributed by atoms with E-state index in [1.807, 2.05) is 0 Å². The summed E-state index contributed by atoms with van der Waals surface area (Å²) in [4.78, 5) is 25.2. The normalized spacial score (nSPS) is 15.9. The largest absolute Gasteiger partial charge is 0.508 e. The van der Waals surface area contributed by atoms with Crippen molar-refractivity contribution in [3.63, 3.8) is 0 Å². The van der Waals surface area contributed by atoms with E-state index >= 15 is 0 Å². The van der Waals surface area contributed by atoms with Crippen molar-refractivity contribution in [1.82, 2.24) is 0 Å². The lowest BCUT2D eigenvalue weighted by Gasteiger charge is -2.24. The van der Waals surface area contributed by atoms with Crippen LogP contribution in [0.5, 0.6) is 17.2 Å². The van der Waals surface area contributed by atoms with E-state index in [2.05, 4.69) is 0 Å². The first-order valence-corrected chi connectivity index (χ1v) is 8.88. The van der Waals surface area contributed by atoms with E-state index in [1.54, 1.807) is 24.3 Å². The highest BCUT2D eigenvalue weighted by Gasteiger charge is 2.35. The van der Waals surface area contributed by atoms with Gasteiger partial charge < -0.3 is 23.8 Å². The van der Waals surface area contributed by atoms with Crippen molar-refractivity contribution in [2.75, 3.05) is 0 Å². The molecule has 7 nitrogen and oxygen atoms in total. The van der Waals surface area contributed by atoms with Crippen LogP contribution in [0.2, 0.25) is 0 Å². The fourth-order valence-corrected chi connectivity index (χ4v) is 3.70. The number of aromatic hydroxyl groups is 2. The van der Waals surface area contributed by atoms with Gasteiger partial charge in [0.15, 0.2) is 0 Å². The Morgan fingerprint density at radius 3 is 2.52 bits per heavy atom. The van der Waals surface area contributed by atoms with Crippen molar-refractivity contribution in [2.45, 2.75) is 12.3 Å². The van der Waals surface area contributed by atoms with E-state index in [-0.39, 0.29) is 40.2 Å². The molecule has 0 bridgehead atoms. The minimum Gasteiger partial charge on any atom is -0.508 e. The zero-order valence-electron chi connectivity index (χ0n) is 14.9. The highest BCUT2D eigenvalue weighted by molar-refractivity contribution is 5.94. The third kappa shape index (κ3) is 2.67. The first kappa shape index (κ1) is 17.1. The van der Waals surface area contributed by atoms with Crippen LogP contribution < -0.4 is 10.2 Å². The molecule has 0 saturated heterocycles. The molecule has 0 fully saturated rings. The molecule has 0 unspecified atom stereocenters. The average molecular weight is 390 g/mol. The van der Waals surface area contributed by atoms with Gasteiger partial charge in [-0.05, 0) is 29.8 Å². The SMILES string of the molecule is O=C1C[C@H](c2ccco2)c2c(cc(O)c3c(=O)c(-c4ccc(O)cc4)coc23)O1. The molecule has 3 heterocycles. The smallest absolute Gasteiger partial charge is 0.312 e. The van der Waals surface area contributed by atoms with Crippen LogP contribution in [0, 0.1) is 0 Å². The molecule has 7 heteroatoms. The van der Waals surface area contributed by atoms with Crippen LogP contribution in [-0.4, -0.2) is 16.2 Å². The van der Waals surface area contributed by atoms with Crippen molar-refractivity contribution in [3.05, 3.63) is 76.5 Å².